The number of nitrogens with one attached hydrogen (secondary N) is 2. The van der Waals surface area contributed by atoms with Crippen LogP contribution >= 0.6 is 0 Å². The lowest BCUT2D eigenvalue weighted by Gasteiger charge is -2.15. The van der Waals surface area contributed by atoms with Gasteiger partial charge in [-0.05, 0) is 19.8 Å². The highest BCUT2D eigenvalue weighted by Crippen LogP contribution is 2.19. The van der Waals surface area contributed by atoms with Crippen LogP contribution in [0, 0.1) is 0 Å². The fourth-order valence-corrected chi connectivity index (χ4v) is 1.47. The van der Waals surface area contributed by atoms with E-state index in [1.807, 2.05) is 0 Å². The van der Waals surface area contributed by atoms with Gasteiger partial charge in [0.15, 0.2) is 0 Å². The number of carbonyl (C=O) groups excluding carboxylic acids is 1. The summed E-state index contributed by atoms with van der Waals surface area (Å²) in [5.41, 5.74) is 2.76. The molecule has 1 amide bonds. The molecule has 0 aromatic carbocycles. The minimum Gasteiger partial charge on any atom is -0.358 e. The number of amides is 1. The van der Waals surface area contributed by atoms with Crippen molar-refractivity contribution in [3.63, 3.8) is 0 Å². The number of carbonyl (C=O) groups is 1. The number of hydrogen-bond acceptors (Lipinski definition) is 3. The molecule has 0 aliphatic heterocycles. The molecule has 0 aromatic heterocycles. The summed E-state index contributed by atoms with van der Waals surface area (Å²) >= 11 is 0. The molecule has 1 atom stereocenters. The van der Waals surface area contributed by atoms with Crippen LogP contribution in [0.25, 0.3) is 0 Å². The SMILES string of the molecule is CNC(=O)C(C)NOC1CCCC1. The van der Waals surface area contributed by atoms with Crippen LogP contribution in [-0.4, -0.2) is 25.1 Å². The fourth-order valence-electron chi connectivity index (χ4n) is 1.47. The van der Waals surface area contributed by atoms with Crippen molar-refractivity contribution < 1.29 is 9.63 Å². The van der Waals surface area contributed by atoms with Gasteiger partial charge in [-0.1, -0.05) is 12.8 Å². The summed E-state index contributed by atoms with van der Waals surface area (Å²) in [7, 11) is 1.62. The topological polar surface area (TPSA) is 50.4 Å². The number of hydroxylamine groups is 1. The maximum Gasteiger partial charge on any atom is 0.238 e. The van der Waals surface area contributed by atoms with E-state index in [9.17, 15) is 4.79 Å². The van der Waals surface area contributed by atoms with Crippen LogP contribution in [0.3, 0.4) is 0 Å². The second-order valence-corrected chi connectivity index (χ2v) is 3.48. The van der Waals surface area contributed by atoms with Crippen LogP contribution in [0.1, 0.15) is 32.6 Å². The van der Waals surface area contributed by atoms with Gasteiger partial charge in [0, 0.05) is 7.05 Å². The van der Waals surface area contributed by atoms with Crippen molar-refractivity contribution in [2.45, 2.75) is 44.8 Å². The van der Waals surface area contributed by atoms with Crippen molar-refractivity contribution in [1.29, 1.82) is 0 Å². The Kier molecular flexibility index (Phi) is 4.18. The molecule has 0 bridgehead atoms. The zero-order valence-corrected chi connectivity index (χ0v) is 8.30. The Labute approximate surface area is 79.0 Å². The van der Waals surface area contributed by atoms with E-state index in [1.165, 1.54) is 12.8 Å². The number of rotatable bonds is 4. The van der Waals surface area contributed by atoms with E-state index in [1.54, 1.807) is 14.0 Å². The van der Waals surface area contributed by atoms with Crippen LogP contribution in [0.5, 0.6) is 0 Å². The number of likely N-dealkylation sites (N-methyl/N-ethyl adjacent to an activating group) is 1. The first-order valence-corrected chi connectivity index (χ1v) is 4.87. The predicted molar refractivity (Wildman–Crippen MR) is 50.0 cm³/mol. The largest absolute Gasteiger partial charge is 0.358 e. The third-order valence-electron chi connectivity index (χ3n) is 2.35. The van der Waals surface area contributed by atoms with Crippen molar-refractivity contribution in [3.05, 3.63) is 0 Å². The summed E-state index contributed by atoms with van der Waals surface area (Å²) in [6.45, 7) is 1.79. The van der Waals surface area contributed by atoms with Gasteiger partial charge < -0.3 is 5.32 Å². The van der Waals surface area contributed by atoms with Crippen LogP contribution in [0.4, 0.5) is 0 Å². The highest BCUT2D eigenvalue weighted by Gasteiger charge is 2.18. The maximum absolute atomic E-state index is 11.1. The van der Waals surface area contributed by atoms with Crippen LogP contribution in [0.15, 0.2) is 0 Å². The lowest BCUT2D eigenvalue weighted by molar-refractivity contribution is -0.128. The minimum absolute atomic E-state index is 0.0435. The fraction of sp³-hybridized carbons (Fsp3) is 0.889. The monoisotopic (exact) mass is 186 g/mol. The van der Waals surface area contributed by atoms with E-state index in [2.05, 4.69) is 10.8 Å². The van der Waals surface area contributed by atoms with E-state index >= 15 is 0 Å². The molecule has 1 fully saturated rings. The summed E-state index contributed by atoms with van der Waals surface area (Å²) < 4.78 is 0. The standard InChI is InChI=1S/C9H18N2O2/c1-7(9(12)10-2)11-13-8-5-3-4-6-8/h7-8,11H,3-6H2,1-2H3,(H,10,12). The predicted octanol–water partition coefficient (Wildman–Crippen LogP) is 0.585. The van der Waals surface area contributed by atoms with E-state index in [0.29, 0.717) is 6.10 Å². The lowest BCUT2D eigenvalue weighted by atomic mass is 10.3. The molecular weight excluding hydrogens is 168 g/mol. The molecule has 0 spiro atoms. The molecule has 4 heteroatoms. The first-order valence-electron chi connectivity index (χ1n) is 4.87. The molecule has 1 aliphatic carbocycles. The first-order chi connectivity index (χ1) is 6.24. The lowest BCUT2D eigenvalue weighted by Crippen LogP contribution is -2.41. The number of hydrogen-bond donors (Lipinski definition) is 2. The minimum atomic E-state index is -0.273. The third-order valence-corrected chi connectivity index (χ3v) is 2.35. The Morgan fingerprint density at radius 3 is 2.62 bits per heavy atom. The van der Waals surface area contributed by atoms with Crippen LogP contribution in [-0.2, 0) is 9.63 Å². The highest BCUT2D eigenvalue weighted by molar-refractivity contribution is 5.80. The summed E-state index contributed by atoms with van der Waals surface area (Å²) in [5.74, 6) is -0.0435. The summed E-state index contributed by atoms with van der Waals surface area (Å²) in [5, 5.41) is 2.56. The van der Waals surface area contributed by atoms with Crippen molar-refractivity contribution in [3.8, 4) is 0 Å². The normalized spacial score (nSPS) is 20.2. The molecule has 0 aromatic rings. The molecule has 2 N–H and O–H groups in total. The van der Waals surface area contributed by atoms with Crippen molar-refractivity contribution >= 4 is 5.91 Å². The van der Waals surface area contributed by atoms with Gasteiger partial charge in [0.25, 0.3) is 0 Å². The average Bonchev–Trinajstić information content (AvgIpc) is 2.65. The average molecular weight is 186 g/mol. The van der Waals surface area contributed by atoms with Crippen molar-refractivity contribution in [2.75, 3.05) is 7.05 Å². The van der Waals surface area contributed by atoms with Crippen molar-refractivity contribution in [1.82, 2.24) is 10.8 Å². The van der Waals surface area contributed by atoms with Crippen LogP contribution < -0.4 is 10.8 Å². The van der Waals surface area contributed by atoms with E-state index in [-0.39, 0.29) is 11.9 Å². The Balaban J connectivity index is 2.13. The Morgan fingerprint density at radius 2 is 2.08 bits per heavy atom. The molecule has 1 unspecified atom stereocenters. The van der Waals surface area contributed by atoms with Gasteiger partial charge >= 0.3 is 0 Å². The second kappa shape index (κ2) is 5.19. The molecule has 13 heavy (non-hydrogen) atoms. The maximum atomic E-state index is 11.1. The Morgan fingerprint density at radius 1 is 1.46 bits per heavy atom. The molecule has 1 aliphatic rings. The summed E-state index contributed by atoms with van der Waals surface area (Å²) in [4.78, 5) is 16.4. The quantitative estimate of drug-likeness (QED) is 0.632. The van der Waals surface area contributed by atoms with Crippen molar-refractivity contribution in [2.24, 2.45) is 0 Å². The summed E-state index contributed by atoms with van der Waals surface area (Å²) in [6, 6.07) is -0.273. The summed E-state index contributed by atoms with van der Waals surface area (Å²) in [6.07, 6.45) is 4.98. The molecule has 0 radical (unpaired) electrons. The highest BCUT2D eigenvalue weighted by atomic mass is 16.7. The van der Waals surface area contributed by atoms with Gasteiger partial charge in [-0.2, -0.15) is 5.48 Å². The van der Waals surface area contributed by atoms with E-state index < -0.39 is 0 Å². The van der Waals surface area contributed by atoms with Gasteiger partial charge in [-0.25, -0.2) is 0 Å². The smallest absolute Gasteiger partial charge is 0.238 e. The molecule has 0 heterocycles. The van der Waals surface area contributed by atoms with Gasteiger partial charge in [0.2, 0.25) is 5.91 Å². The molecule has 1 rings (SSSR count). The molecule has 76 valence electrons. The van der Waals surface area contributed by atoms with Gasteiger partial charge in [0.05, 0.1) is 6.10 Å². The second-order valence-electron chi connectivity index (χ2n) is 3.48. The van der Waals surface area contributed by atoms with E-state index in [4.69, 9.17) is 4.84 Å². The zero-order chi connectivity index (χ0) is 9.68. The molecule has 4 nitrogen and oxygen atoms in total. The molecular formula is C9H18N2O2. The zero-order valence-electron chi connectivity index (χ0n) is 8.30. The molecule has 0 saturated heterocycles. The Bertz CT molecular complexity index is 167. The Hall–Kier alpha value is -0.610. The van der Waals surface area contributed by atoms with Gasteiger partial charge in [-0.3, -0.25) is 9.63 Å². The molecule has 1 saturated carbocycles. The van der Waals surface area contributed by atoms with Gasteiger partial charge in [0.1, 0.15) is 6.04 Å². The first kappa shape index (κ1) is 10.5. The van der Waals surface area contributed by atoms with E-state index in [0.717, 1.165) is 12.8 Å². The van der Waals surface area contributed by atoms with Gasteiger partial charge in [-0.15, -0.1) is 0 Å². The van der Waals surface area contributed by atoms with Crippen LogP contribution in [0.2, 0.25) is 0 Å². The third kappa shape index (κ3) is 3.32.